The van der Waals surface area contributed by atoms with Crippen LogP contribution in [0.4, 0.5) is 0 Å². The van der Waals surface area contributed by atoms with Crippen LogP contribution in [0.2, 0.25) is 0 Å². The van der Waals surface area contributed by atoms with Crippen LogP contribution in [0.5, 0.6) is 0 Å². The van der Waals surface area contributed by atoms with E-state index in [1.807, 2.05) is 17.7 Å². The monoisotopic (exact) mass is 330 g/mol. The van der Waals surface area contributed by atoms with Crippen LogP contribution in [-0.2, 0) is 24.4 Å². The lowest BCUT2D eigenvalue weighted by atomic mass is 9.97. The number of aromatic nitrogens is 3. The Morgan fingerprint density at radius 1 is 1.33 bits per heavy atom. The van der Waals surface area contributed by atoms with Gasteiger partial charge in [0, 0.05) is 56.5 Å². The van der Waals surface area contributed by atoms with Crippen LogP contribution in [-0.4, -0.2) is 39.6 Å². The van der Waals surface area contributed by atoms with Crippen LogP contribution in [0, 0.1) is 12.8 Å². The third kappa shape index (κ3) is 3.54. The molecule has 1 aliphatic carbocycles. The van der Waals surface area contributed by atoms with Crippen molar-refractivity contribution in [1.82, 2.24) is 19.8 Å². The van der Waals surface area contributed by atoms with Crippen molar-refractivity contribution >= 4 is 0 Å². The number of hydrogen-bond donors (Lipinski definition) is 0. The molecular weight excluding hydrogens is 304 g/mol. The zero-order valence-corrected chi connectivity index (χ0v) is 14.6. The third-order valence-electron chi connectivity index (χ3n) is 4.89. The van der Waals surface area contributed by atoms with Gasteiger partial charge >= 0.3 is 0 Å². The zero-order chi connectivity index (χ0) is 16.5. The average molecular weight is 330 g/mol. The fourth-order valence-corrected chi connectivity index (χ4v) is 3.44. The molecule has 24 heavy (non-hydrogen) atoms. The Labute approximate surface area is 142 Å². The third-order valence-corrected chi connectivity index (χ3v) is 4.89. The van der Waals surface area contributed by atoms with Gasteiger partial charge in [0.1, 0.15) is 5.76 Å². The van der Waals surface area contributed by atoms with Crippen molar-refractivity contribution in [2.45, 2.75) is 52.2 Å². The van der Waals surface area contributed by atoms with E-state index in [4.69, 9.17) is 14.4 Å². The number of hydrogen-bond acceptors (Lipinski definition) is 5. The molecule has 0 aromatic carbocycles. The minimum Gasteiger partial charge on any atom is -0.380 e. The van der Waals surface area contributed by atoms with E-state index in [1.165, 1.54) is 24.1 Å². The molecule has 6 nitrogen and oxygen atoms in total. The van der Waals surface area contributed by atoms with Gasteiger partial charge in [0.05, 0.1) is 18.0 Å². The molecular formula is C18H26N4O2. The first kappa shape index (κ1) is 15.8. The molecule has 0 radical (unpaired) electrons. The molecule has 6 heteroatoms. The molecule has 4 rings (SSSR count). The molecule has 0 bridgehead atoms. The second-order valence-corrected chi connectivity index (χ2v) is 7.17. The lowest BCUT2D eigenvalue weighted by Gasteiger charge is -2.31. The Hall–Kier alpha value is -1.66. The Morgan fingerprint density at radius 3 is 2.92 bits per heavy atom. The van der Waals surface area contributed by atoms with Crippen LogP contribution >= 0.6 is 0 Å². The van der Waals surface area contributed by atoms with E-state index in [0.717, 1.165) is 56.8 Å². The summed E-state index contributed by atoms with van der Waals surface area (Å²) in [6.45, 7) is 9.34. The van der Waals surface area contributed by atoms with Gasteiger partial charge in [-0.25, -0.2) is 0 Å². The molecule has 2 aliphatic rings. The maximum absolute atomic E-state index is 5.99. The molecule has 130 valence electrons. The minimum absolute atomic E-state index is 0.341. The standard InChI is InChI=1S/C18H26N4O2/c1-3-22-9-15-7-21(10-17-6-13(2)24-20-17)8-16(18(15)19-22)12-23-11-14-4-5-14/h6,9,14,16H,3-5,7-8,10-12H2,1-2H3. The molecule has 2 aromatic rings. The van der Waals surface area contributed by atoms with E-state index in [-0.39, 0.29) is 0 Å². The predicted octanol–water partition coefficient (Wildman–Crippen LogP) is 2.73. The van der Waals surface area contributed by atoms with E-state index in [2.05, 4.69) is 23.2 Å². The summed E-state index contributed by atoms with van der Waals surface area (Å²) in [5.41, 5.74) is 3.54. The Balaban J connectivity index is 1.46. The Morgan fingerprint density at radius 2 is 2.21 bits per heavy atom. The number of fused-ring (bicyclic) bond motifs is 1. The number of nitrogens with zero attached hydrogens (tertiary/aromatic N) is 4. The van der Waals surface area contributed by atoms with E-state index >= 15 is 0 Å². The maximum atomic E-state index is 5.99. The summed E-state index contributed by atoms with van der Waals surface area (Å²) in [4.78, 5) is 2.42. The van der Waals surface area contributed by atoms with Crippen molar-refractivity contribution < 1.29 is 9.26 Å². The summed E-state index contributed by atoms with van der Waals surface area (Å²) in [7, 11) is 0. The van der Waals surface area contributed by atoms with E-state index in [9.17, 15) is 0 Å². The summed E-state index contributed by atoms with van der Waals surface area (Å²) >= 11 is 0. The van der Waals surface area contributed by atoms with Crippen molar-refractivity contribution in [2.75, 3.05) is 19.8 Å². The molecule has 1 fully saturated rings. The van der Waals surface area contributed by atoms with Gasteiger partial charge in [0.25, 0.3) is 0 Å². The molecule has 2 aromatic heterocycles. The molecule has 0 spiro atoms. The predicted molar refractivity (Wildman–Crippen MR) is 89.5 cm³/mol. The first-order valence-corrected chi connectivity index (χ1v) is 8.99. The quantitative estimate of drug-likeness (QED) is 0.781. The van der Waals surface area contributed by atoms with Gasteiger partial charge in [-0.1, -0.05) is 5.16 Å². The zero-order valence-electron chi connectivity index (χ0n) is 14.6. The highest BCUT2D eigenvalue weighted by Crippen LogP contribution is 2.31. The van der Waals surface area contributed by atoms with Crippen molar-refractivity contribution in [3.63, 3.8) is 0 Å². The molecule has 1 atom stereocenters. The Bertz CT molecular complexity index is 689. The topological polar surface area (TPSA) is 56.3 Å². The van der Waals surface area contributed by atoms with Crippen molar-refractivity contribution in [1.29, 1.82) is 0 Å². The number of ether oxygens (including phenoxy) is 1. The molecule has 3 heterocycles. The normalized spacial score (nSPS) is 21.2. The molecule has 1 saturated carbocycles. The summed E-state index contributed by atoms with van der Waals surface area (Å²) in [6.07, 6.45) is 4.85. The van der Waals surface area contributed by atoms with Gasteiger partial charge in [-0.2, -0.15) is 5.10 Å². The van der Waals surface area contributed by atoms with Gasteiger partial charge in [0.15, 0.2) is 0 Å². The van der Waals surface area contributed by atoms with Gasteiger partial charge in [-0.15, -0.1) is 0 Å². The van der Waals surface area contributed by atoms with Gasteiger partial charge in [-0.3, -0.25) is 9.58 Å². The number of aryl methyl sites for hydroxylation is 2. The largest absolute Gasteiger partial charge is 0.380 e. The van der Waals surface area contributed by atoms with Gasteiger partial charge < -0.3 is 9.26 Å². The van der Waals surface area contributed by atoms with E-state index in [1.54, 1.807) is 0 Å². The highest BCUT2D eigenvalue weighted by atomic mass is 16.5. The fourth-order valence-electron chi connectivity index (χ4n) is 3.44. The van der Waals surface area contributed by atoms with Crippen LogP contribution in [0.25, 0.3) is 0 Å². The summed E-state index contributed by atoms with van der Waals surface area (Å²) < 4.78 is 13.2. The smallest absolute Gasteiger partial charge is 0.133 e. The first-order valence-electron chi connectivity index (χ1n) is 8.99. The SMILES string of the molecule is CCn1cc2c(n1)C(COCC1CC1)CN(Cc1cc(C)on1)C2. The second kappa shape index (κ2) is 6.69. The second-order valence-electron chi connectivity index (χ2n) is 7.17. The molecule has 1 aliphatic heterocycles. The van der Waals surface area contributed by atoms with Crippen LogP contribution in [0.1, 0.15) is 48.4 Å². The van der Waals surface area contributed by atoms with Gasteiger partial charge in [0.2, 0.25) is 0 Å². The maximum Gasteiger partial charge on any atom is 0.133 e. The molecule has 0 saturated heterocycles. The van der Waals surface area contributed by atoms with Gasteiger partial charge in [-0.05, 0) is 32.6 Å². The lowest BCUT2D eigenvalue weighted by molar-refractivity contribution is 0.0876. The average Bonchev–Trinajstić information content (AvgIpc) is 3.15. The van der Waals surface area contributed by atoms with Crippen molar-refractivity contribution in [3.05, 3.63) is 35.0 Å². The summed E-state index contributed by atoms with van der Waals surface area (Å²) in [6, 6.07) is 2.02. The number of rotatable bonds is 7. The highest BCUT2D eigenvalue weighted by Gasteiger charge is 2.30. The summed E-state index contributed by atoms with van der Waals surface area (Å²) in [5, 5.41) is 8.92. The summed E-state index contributed by atoms with van der Waals surface area (Å²) in [5.74, 6) is 2.01. The molecule has 1 unspecified atom stereocenters. The lowest BCUT2D eigenvalue weighted by Crippen LogP contribution is -2.35. The van der Waals surface area contributed by atoms with E-state index in [0.29, 0.717) is 5.92 Å². The molecule has 0 amide bonds. The van der Waals surface area contributed by atoms with Crippen LogP contribution in [0.3, 0.4) is 0 Å². The van der Waals surface area contributed by atoms with Crippen LogP contribution < -0.4 is 0 Å². The van der Waals surface area contributed by atoms with Crippen LogP contribution in [0.15, 0.2) is 16.8 Å². The van der Waals surface area contributed by atoms with E-state index < -0.39 is 0 Å². The fraction of sp³-hybridized carbons (Fsp3) is 0.667. The Kier molecular flexibility index (Phi) is 4.41. The first-order chi connectivity index (χ1) is 11.7. The molecule has 0 N–H and O–H groups in total. The van der Waals surface area contributed by atoms with Crippen molar-refractivity contribution in [2.24, 2.45) is 5.92 Å². The van der Waals surface area contributed by atoms with Crippen molar-refractivity contribution in [3.8, 4) is 0 Å². The highest BCUT2D eigenvalue weighted by molar-refractivity contribution is 5.25. The minimum atomic E-state index is 0.341.